The molecular formula is C17H25NO3. The van der Waals surface area contributed by atoms with Gasteiger partial charge in [-0.3, -0.25) is 9.59 Å². The van der Waals surface area contributed by atoms with Gasteiger partial charge in [0.2, 0.25) is 5.91 Å². The molecule has 2 N–H and O–H groups in total. The summed E-state index contributed by atoms with van der Waals surface area (Å²) >= 11 is 0. The fourth-order valence-electron chi connectivity index (χ4n) is 2.35. The smallest absolute Gasteiger partial charge is 0.310 e. The Balaban J connectivity index is 2.70. The highest BCUT2D eigenvalue weighted by Crippen LogP contribution is 2.20. The number of carbonyl (C=O) groups is 2. The van der Waals surface area contributed by atoms with Gasteiger partial charge in [0.05, 0.1) is 5.92 Å². The quantitative estimate of drug-likeness (QED) is 0.760. The van der Waals surface area contributed by atoms with Crippen LogP contribution < -0.4 is 5.32 Å². The Morgan fingerprint density at radius 3 is 2.05 bits per heavy atom. The Morgan fingerprint density at radius 1 is 1.10 bits per heavy atom. The van der Waals surface area contributed by atoms with Gasteiger partial charge in [-0.15, -0.1) is 0 Å². The number of aliphatic carboxylic acids is 1. The van der Waals surface area contributed by atoms with Crippen LogP contribution in [0.15, 0.2) is 24.3 Å². The molecule has 1 amide bonds. The second-order valence-corrected chi connectivity index (χ2v) is 5.45. The molecule has 1 rings (SSSR count). The normalized spacial score (nSPS) is 12.2. The molecule has 0 saturated heterocycles. The number of rotatable bonds is 8. The van der Waals surface area contributed by atoms with Gasteiger partial charge in [-0.25, -0.2) is 0 Å². The zero-order chi connectivity index (χ0) is 15.8. The lowest BCUT2D eigenvalue weighted by atomic mass is 9.97. The van der Waals surface area contributed by atoms with Crippen molar-refractivity contribution in [2.24, 2.45) is 5.92 Å². The van der Waals surface area contributed by atoms with Gasteiger partial charge in [0.1, 0.15) is 0 Å². The molecule has 21 heavy (non-hydrogen) atoms. The summed E-state index contributed by atoms with van der Waals surface area (Å²) in [6.07, 6.45) is 3.78. The van der Waals surface area contributed by atoms with Crippen molar-refractivity contribution in [1.82, 2.24) is 0 Å². The van der Waals surface area contributed by atoms with E-state index < -0.39 is 11.9 Å². The molecular weight excluding hydrogens is 266 g/mol. The summed E-state index contributed by atoms with van der Waals surface area (Å²) in [7, 11) is 0. The van der Waals surface area contributed by atoms with E-state index in [1.807, 2.05) is 0 Å². The first-order valence-corrected chi connectivity index (χ1v) is 7.63. The van der Waals surface area contributed by atoms with E-state index in [1.54, 1.807) is 31.2 Å². The molecule has 116 valence electrons. The highest BCUT2D eigenvalue weighted by molar-refractivity contribution is 5.92. The van der Waals surface area contributed by atoms with E-state index in [2.05, 4.69) is 19.2 Å². The average Bonchev–Trinajstić information content (AvgIpc) is 2.47. The first-order valence-electron chi connectivity index (χ1n) is 7.63. The summed E-state index contributed by atoms with van der Waals surface area (Å²) in [5, 5.41) is 11.9. The molecule has 0 radical (unpaired) electrons. The van der Waals surface area contributed by atoms with Crippen LogP contribution in [0.25, 0.3) is 0 Å². The van der Waals surface area contributed by atoms with Crippen molar-refractivity contribution in [3.05, 3.63) is 29.8 Å². The van der Waals surface area contributed by atoms with Crippen LogP contribution in [0.2, 0.25) is 0 Å². The molecule has 0 fully saturated rings. The Bertz CT molecular complexity index is 461. The van der Waals surface area contributed by atoms with Crippen molar-refractivity contribution in [2.75, 3.05) is 5.32 Å². The van der Waals surface area contributed by atoms with Gasteiger partial charge in [-0.1, -0.05) is 38.8 Å². The monoisotopic (exact) mass is 291 g/mol. The third-order valence-electron chi connectivity index (χ3n) is 3.69. The highest BCUT2D eigenvalue weighted by atomic mass is 16.4. The maximum absolute atomic E-state index is 12.2. The van der Waals surface area contributed by atoms with E-state index in [0.717, 1.165) is 36.9 Å². The Labute approximate surface area is 126 Å². The summed E-state index contributed by atoms with van der Waals surface area (Å²) in [5.41, 5.74) is 1.46. The Hall–Kier alpha value is -1.84. The van der Waals surface area contributed by atoms with Gasteiger partial charge in [-0.05, 0) is 37.5 Å². The van der Waals surface area contributed by atoms with Gasteiger partial charge in [0.15, 0.2) is 0 Å². The molecule has 1 atom stereocenters. The summed E-state index contributed by atoms with van der Waals surface area (Å²) in [6.45, 7) is 5.81. The lowest BCUT2D eigenvalue weighted by molar-refractivity contribution is -0.138. The molecule has 0 heterocycles. The summed E-state index contributed by atoms with van der Waals surface area (Å²) in [6, 6.07) is 7.04. The van der Waals surface area contributed by atoms with Gasteiger partial charge >= 0.3 is 5.97 Å². The summed E-state index contributed by atoms with van der Waals surface area (Å²) < 4.78 is 0. The number of hydrogen-bond donors (Lipinski definition) is 2. The minimum atomic E-state index is -0.849. The molecule has 1 unspecified atom stereocenters. The zero-order valence-corrected chi connectivity index (χ0v) is 13.1. The predicted molar refractivity (Wildman–Crippen MR) is 84.4 cm³/mol. The second kappa shape index (κ2) is 8.45. The standard InChI is InChI=1S/C17H25NO3/c1-4-6-14(7-5-2)16(19)18-15-10-8-13(9-11-15)12(3)17(20)21/h8-12,14H,4-7H2,1-3H3,(H,18,19)(H,20,21). The molecule has 0 saturated carbocycles. The maximum Gasteiger partial charge on any atom is 0.310 e. The number of carboxylic acids is 1. The lowest BCUT2D eigenvalue weighted by Gasteiger charge is -2.15. The zero-order valence-electron chi connectivity index (χ0n) is 13.1. The van der Waals surface area contributed by atoms with E-state index in [4.69, 9.17) is 5.11 Å². The summed E-state index contributed by atoms with van der Waals surface area (Å²) in [4.78, 5) is 23.1. The van der Waals surface area contributed by atoms with E-state index in [9.17, 15) is 9.59 Å². The third kappa shape index (κ3) is 5.21. The SMILES string of the molecule is CCCC(CCC)C(=O)Nc1ccc(C(C)C(=O)O)cc1. The molecule has 0 aliphatic rings. The van der Waals surface area contributed by atoms with Crippen molar-refractivity contribution < 1.29 is 14.7 Å². The molecule has 0 aliphatic heterocycles. The average molecular weight is 291 g/mol. The molecule has 0 bridgehead atoms. The predicted octanol–water partition coefficient (Wildman–Crippen LogP) is 4.03. The van der Waals surface area contributed by atoms with Gasteiger partial charge < -0.3 is 10.4 Å². The highest BCUT2D eigenvalue weighted by Gasteiger charge is 2.17. The first-order chi connectivity index (χ1) is 9.99. The third-order valence-corrected chi connectivity index (χ3v) is 3.69. The van der Waals surface area contributed by atoms with Gasteiger partial charge in [0.25, 0.3) is 0 Å². The minimum Gasteiger partial charge on any atom is -0.481 e. The number of hydrogen-bond acceptors (Lipinski definition) is 2. The largest absolute Gasteiger partial charge is 0.481 e. The van der Waals surface area contributed by atoms with Crippen molar-refractivity contribution in [1.29, 1.82) is 0 Å². The number of anilines is 1. The van der Waals surface area contributed by atoms with E-state index in [1.165, 1.54) is 0 Å². The molecule has 0 aromatic heterocycles. The fraction of sp³-hybridized carbons (Fsp3) is 0.529. The minimum absolute atomic E-state index is 0.0534. The van der Waals surface area contributed by atoms with Gasteiger partial charge in [-0.2, -0.15) is 0 Å². The van der Waals surface area contributed by atoms with Crippen LogP contribution in [0.1, 0.15) is 57.9 Å². The molecule has 0 aliphatic carbocycles. The fourth-order valence-corrected chi connectivity index (χ4v) is 2.35. The van der Waals surface area contributed by atoms with E-state index >= 15 is 0 Å². The van der Waals surface area contributed by atoms with Crippen molar-refractivity contribution in [3.63, 3.8) is 0 Å². The number of amides is 1. The van der Waals surface area contributed by atoms with Crippen LogP contribution in [0.3, 0.4) is 0 Å². The summed E-state index contributed by atoms with van der Waals surface area (Å²) in [5.74, 6) is -1.28. The van der Waals surface area contributed by atoms with Crippen LogP contribution in [-0.4, -0.2) is 17.0 Å². The number of benzene rings is 1. The van der Waals surface area contributed by atoms with Crippen molar-refractivity contribution in [3.8, 4) is 0 Å². The van der Waals surface area contributed by atoms with E-state index in [0.29, 0.717) is 0 Å². The molecule has 1 aromatic rings. The molecule has 4 heteroatoms. The van der Waals surface area contributed by atoms with Crippen LogP contribution in [0, 0.1) is 5.92 Å². The van der Waals surface area contributed by atoms with Crippen LogP contribution >= 0.6 is 0 Å². The lowest BCUT2D eigenvalue weighted by Crippen LogP contribution is -2.22. The second-order valence-electron chi connectivity index (χ2n) is 5.45. The van der Waals surface area contributed by atoms with Crippen LogP contribution in [0.5, 0.6) is 0 Å². The van der Waals surface area contributed by atoms with Crippen molar-refractivity contribution in [2.45, 2.75) is 52.4 Å². The first kappa shape index (κ1) is 17.2. The van der Waals surface area contributed by atoms with Gasteiger partial charge in [0, 0.05) is 11.6 Å². The maximum atomic E-state index is 12.2. The topological polar surface area (TPSA) is 66.4 Å². The Morgan fingerprint density at radius 2 is 1.62 bits per heavy atom. The number of nitrogens with one attached hydrogen (secondary N) is 1. The van der Waals surface area contributed by atoms with Crippen LogP contribution in [0.4, 0.5) is 5.69 Å². The van der Waals surface area contributed by atoms with Crippen molar-refractivity contribution >= 4 is 17.6 Å². The molecule has 1 aromatic carbocycles. The molecule has 4 nitrogen and oxygen atoms in total. The number of carboxylic acid groups (broad SMARTS) is 1. The number of carbonyl (C=O) groups excluding carboxylic acids is 1. The van der Waals surface area contributed by atoms with E-state index in [-0.39, 0.29) is 11.8 Å². The van der Waals surface area contributed by atoms with Crippen LogP contribution in [-0.2, 0) is 9.59 Å². The molecule has 0 spiro atoms. The Kier molecular flexibility index (Phi) is 6.92.